The van der Waals surface area contributed by atoms with Gasteiger partial charge in [-0.15, -0.1) is 0 Å². The third kappa shape index (κ3) is 2.86. The van der Waals surface area contributed by atoms with Crippen molar-refractivity contribution < 1.29 is 0 Å². The van der Waals surface area contributed by atoms with Crippen LogP contribution in [0.5, 0.6) is 0 Å². The summed E-state index contributed by atoms with van der Waals surface area (Å²) in [7, 11) is 0. The zero-order valence-corrected chi connectivity index (χ0v) is 11.6. The Morgan fingerprint density at radius 2 is 2.18 bits per heavy atom. The van der Waals surface area contributed by atoms with E-state index < -0.39 is 0 Å². The average Bonchev–Trinajstić information content (AvgIpc) is 2.80. The van der Waals surface area contributed by atoms with Crippen molar-refractivity contribution in [2.45, 2.75) is 38.6 Å². The lowest BCUT2D eigenvalue weighted by atomic mass is 9.92. The molecule has 0 aliphatic carbocycles. The molecule has 2 N–H and O–H groups in total. The Labute approximate surface area is 108 Å². The molecule has 2 rings (SSSR count). The van der Waals surface area contributed by atoms with Gasteiger partial charge in [-0.3, -0.25) is 0 Å². The van der Waals surface area contributed by atoms with Crippen molar-refractivity contribution in [3.8, 4) is 0 Å². The number of hydrogen-bond acceptors (Lipinski definition) is 3. The molecule has 1 atom stereocenters. The normalized spacial score (nSPS) is 19.8. The van der Waals surface area contributed by atoms with Crippen molar-refractivity contribution in [3.05, 3.63) is 18.2 Å². The van der Waals surface area contributed by atoms with Crippen molar-refractivity contribution in [3.63, 3.8) is 0 Å². The summed E-state index contributed by atoms with van der Waals surface area (Å²) in [6.45, 7) is 5.20. The molecular weight excluding hydrogens is 230 g/mol. The molecule has 2 heterocycles. The molecule has 0 amide bonds. The Hall–Kier alpha value is -0.480. The van der Waals surface area contributed by atoms with Crippen molar-refractivity contribution in [1.82, 2.24) is 9.55 Å². The highest BCUT2D eigenvalue weighted by Gasteiger charge is 2.23. The van der Waals surface area contributed by atoms with E-state index in [0.29, 0.717) is 24.4 Å². The average molecular weight is 253 g/mol. The predicted molar refractivity (Wildman–Crippen MR) is 74.5 cm³/mol. The van der Waals surface area contributed by atoms with Crippen LogP contribution in [0.15, 0.2) is 12.5 Å². The van der Waals surface area contributed by atoms with Gasteiger partial charge < -0.3 is 10.3 Å². The number of hydrogen-bond donors (Lipinski definition) is 1. The monoisotopic (exact) mass is 253 g/mol. The van der Waals surface area contributed by atoms with E-state index in [4.69, 9.17) is 5.73 Å². The second kappa shape index (κ2) is 5.91. The number of nitrogens with zero attached hydrogens (tertiary/aromatic N) is 2. The standard InChI is InChI=1S/C13H23N3S/c1-10(2)12(7-14)13-8-15-9-16(13)11-3-5-17-6-4-11/h8-12H,3-7,14H2,1-2H3. The van der Waals surface area contributed by atoms with Crippen LogP contribution < -0.4 is 5.73 Å². The van der Waals surface area contributed by atoms with Crippen LogP contribution in [-0.2, 0) is 0 Å². The second-order valence-corrected chi connectivity index (χ2v) is 6.38. The summed E-state index contributed by atoms with van der Waals surface area (Å²) in [6, 6.07) is 0.640. The van der Waals surface area contributed by atoms with Crippen LogP contribution >= 0.6 is 11.8 Å². The van der Waals surface area contributed by atoms with Gasteiger partial charge in [-0.05, 0) is 30.3 Å². The number of thioether (sulfide) groups is 1. The third-order valence-corrected chi connectivity index (χ3v) is 4.77. The van der Waals surface area contributed by atoms with E-state index in [0.717, 1.165) is 0 Å². The van der Waals surface area contributed by atoms with Gasteiger partial charge in [-0.2, -0.15) is 11.8 Å². The minimum Gasteiger partial charge on any atom is -0.331 e. The highest BCUT2D eigenvalue weighted by molar-refractivity contribution is 7.99. The van der Waals surface area contributed by atoms with Gasteiger partial charge in [0.2, 0.25) is 0 Å². The molecule has 1 aromatic rings. The number of aromatic nitrogens is 2. The van der Waals surface area contributed by atoms with Crippen LogP contribution in [0.4, 0.5) is 0 Å². The quantitative estimate of drug-likeness (QED) is 0.897. The first kappa shape index (κ1) is 13.0. The fourth-order valence-electron chi connectivity index (χ4n) is 2.60. The molecule has 0 saturated carbocycles. The smallest absolute Gasteiger partial charge is 0.0950 e. The van der Waals surface area contributed by atoms with Crippen LogP contribution in [0.25, 0.3) is 0 Å². The Kier molecular flexibility index (Phi) is 4.51. The lowest BCUT2D eigenvalue weighted by molar-refractivity contribution is 0.412. The maximum Gasteiger partial charge on any atom is 0.0950 e. The maximum absolute atomic E-state index is 5.92. The van der Waals surface area contributed by atoms with E-state index in [9.17, 15) is 0 Å². The lowest BCUT2D eigenvalue weighted by Crippen LogP contribution is -2.24. The number of rotatable bonds is 4. The summed E-state index contributed by atoms with van der Waals surface area (Å²) in [6.07, 6.45) is 6.55. The van der Waals surface area contributed by atoms with Crippen LogP contribution in [0.3, 0.4) is 0 Å². The maximum atomic E-state index is 5.92. The molecule has 0 spiro atoms. The molecule has 96 valence electrons. The molecule has 0 radical (unpaired) electrons. The van der Waals surface area contributed by atoms with E-state index in [1.165, 1.54) is 30.0 Å². The molecule has 1 aromatic heterocycles. The van der Waals surface area contributed by atoms with Crippen molar-refractivity contribution in [1.29, 1.82) is 0 Å². The zero-order valence-electron chi connectivity index (χ0n) is 10.8. The van der Waals surface area contributed by atoms with Crippen LogP contribution in [0, 0.1) is 5.92 Å². The van der Waals surface area contributed by atoms with Gasteiger partial charge >= 0.3 is 0 Å². The summed E-state index contributed by atoms with van der Waals surface area (Å²) < 4.78 is 2.39. The van der Waals surface area contributed by atoms with E-state index in [-0.39, 0.29) is 0 Å². The summed E-state index contributed by atoms with van der Waals surface area (Å²) >= 11 is 2.06. The third-order valence-electron chi connectivity index (χ3n) is 3.72. The van der Waals surface area contributed by atoms with Gasteiger partial charge in [0.1, 0.15) is 0 Å². The van der Waals surface area contributed by atoms with Crippen molar-refractivity contribution >= 4 is 11.8 Å². The molecule has 1 fully saturated rings. The van der Waals surface area contributed by atoms with Crippen molar-refractivity contribution in [2.75, 3.05) is 18.1 Å². The van der Waals surface area contributed by atoms with Gasteiger partial charge in [0.15, 0.2) is 0 Å². The molecule has 1 unspecified atom stereocenters. The van der Waals surface area contributed by atoms with E-state index in [1.807, 2.05) is 12.5 Å². The van der Waals surface area contributed by atoms with E-state index in [2.05, 4.69) is 35.2 Å². The molecule has 1 saturated heterocycles. The summed E-state index contributed by atoms with van der Waals surface area (Å²) in [4.78, 5) is 4.35. The minimum atomic E-state index is 0.437. The number of imidazole rings is 1. The fraction of sp³-hybridized carbons (Fsp3) is 0.769. The van der Waals surface area contributed by atoms with Crippen LogP contribution in [-0.4, -0.2) is 27.6 Å². The minimum absolute atomic E-state index is 0.437. The topological polar surface area (TPSA) is 43.8 Å². The SMILES string of the molecule is CC(C)C(CN)c1cncn1C1CCSCC1. The molecule has 1 aliphatic heterocycles. The van der Waals surface area contributed by atoms with E-state index in [1.54, 1.807) is 0 Å². The van der Waals surface area contributed by atoms with Gasteiger partial charge in [0.05, 0.1) is 6.33 Å². The van der Waals surface area contributed by atoms with Gasteiger partial charge in [-0.25, -0.2) is 4.98 Å². The van der Waals surface area contributed by atoms with Crippen molar-refractivity contribution in [2.24, 2.45) is 11.7 Å². The molecule has 1 aliphatic rings. The van der Waals surface area contributed by atoms with Crippen LogP contribution in [0.2, 0.25) is 0 Å². The van der Waals surface area contributed by atoms with Gasteiger partial charge in [0, 0.05) is 30.4 Å². The first-order valence-electron chi connectivity index (χ1n) is 6.53. The molecule has 0 aromatic carbocycles. The first-order chi connectivity index (χ1) is 8.24. The summed E-state index contributed by atoms with van der Waals surface area (Å²) in [5, 5.41) is 0. The number of nitrogens with two attached hydrogens (primary N) is 1. The van der Waals surface area contributed by atoms with E-state index >= 15 is 0 Å². The molecule has 0 bridgehead atoms. The Morgan fingerprint density at radius 3 is 2.76 bits per heavy atom. The molecule has 17 heavy (non-hydrogen) atoms. The zero-order chi connectivity index (χ0) is 12.3. The Balaban J connectivity index is 2.20. The second-order valence-electron chi connectivity index (χ2n) is 5.16. The Morgan fingerprint density at radius 1 is 1.47 bits per heavy atom. The van der Waals surface area contributed by atoms with Crippen LogP contribution in [0.1, 0.15) is 44.3 Å². The summed E-state index contributed by atoms with van der Waals surface area (Å²) in [5.74, 6) is 3.56. The summed E-state index contributed by atoms with van der Waals surface area (Å²) in [5.41, 5.74) is 7.25. The van der Waals surface area contributed by atoms with Gasteiger partial charge in [0.25, 0.3) is 0 Å². The largest absolute Gasteiger partial charge is 0.331 e. The lowest BCUT2D eigenvalue weighted by Gasteiger charge is -2.28. The fourth-order valence-corrected chi connectivity index (χ4v) is 3.69. The van der Waals surface area contributed by atoms with Gasteiger partial charge in [-0.1, -0.05) is 13.8 Å². The first-order valence-corrected chi connectivity index (χ1v) is 7.69. The molecule has 3 nitrogen and oxygen atoms in total. The molecule has 4 heteroatoms. The highest BCUT2D eigenvalue weighted by atomic mass is 32.2. The Bertz CT molecular complexity index is 342. The predicted octanol–water partition coefficient (Wildman–Crippen LogP) is 2.65. The molecular formula is C13H23N3S. The highest BCUT2D eigenvalue weighted by Crippen LogP contribution is 2.31.